The third-order valence-corrected chi connectivity index (χ3v) is 2.62. The minimum Gasteiger partial charge on any atom is -0.490 e. The SMILES string of the molecule is CCOc1cnc(C(=O)O)nc1-c1ccc(Cl)cc1. The number of carbonyl (C=O) groups is 1. The van der Waals surface area contributed by atoms with Crippen LogP contribution >= 0.6 is 11.6 Å². The highest BCUT2D eigenvalue weighted by atomic mass is 35.5. The lowest BCUT2D eigenvalue weighted by molar-refractivity contribution is 0.0683. The molecule has 0 unspecified atom stereocenters. The molecule has 1 aromatic heterocycles. The topological polar surface area (TPSA) is 72.3 Å². The van der Waals surface area contributed by atoms with Gasteiger partial charge in [0.2, 0.25) is 5.82 Å². The molecule has 0 radical (unpaired) electrons. The Balaban J connectivity index is 2.53. The number of rotatable bonds is 4. The Labute approximate surface area is 114 Å². The average Bonchev–Trinajstić information content (AvgIpc) is 2.40. The lowest BCUT2D eigenvalue weighted by Crippen LogP contribution is -2.06. The van der Waals surface area contributed by atoms with E-state index in [0.29, 0.717) is 23.1 Å². The van der Waals surface area contributed by atoms with Gasteiger partial charge in [-0.3, -0.25) is 0 Å². The summed E-state index contributed by atoms with van der Waals surface area (Å²) >= 11 is 5.82. The van der Waals surface area contributed by atoms with Crippen molar-refractivity contribution >= 4 is 17.6 Å². The maximum atomic E-state index is 10.9. The highest BCUT2D eigenvalue weighted by Gasteiger charge is 2.14. The van der Waals surface area contributed by atoms with Crippen LogP contribution in [0, 0.1) is 0 Å². The Hall–Kier alpha value is -2.14. The molecular formula is C13H11ClN2O3. The van der Waals surface area contributed by atoms with Crippen molar-refractivity contribution in [2.45, 2.75) is 6.92 Å². The van der Waals surface area contributed by atoms with Crippen molar-refractivity contribution < 1.29 is 14.6 Å². The van der Waals surface area contributed by atoms with E-state index in [1.807, 2.05) is 6.92 Å². The van der Waals surface area contributed by atoms with E-state index in [0.717, 1.165) is 5.56 Å². The number of benzene rings is 1. The molecule has 0 amide bonds. The van der Waals surface area contributed by atoms with Gasteiger partial charge in [-0.1, -0.05) is 23.7 Å². The maximum absolute atomic E-state index is 10.9. The predicted octanol–water partition coefficient (Wildman–Crippen LogP) is 2.89. The standard InChI is InChI=1S/C13H11ClN2O3/c1-2-19-10-7-15-12(13(17)18)16-11(10)8-3-5-9(14)6-4-8/h3-7H,2H2,1H3,(H,17,18). The third-order valence-electron chi connectivity index (χ3n) is 2.36. The molecule has 0 aliphatic heterocycles. The minimum absolute atomic E-state index is 0.270. The van der Waals surface area contributed by atoms with E-state index in [-0.39, 0.29) is 5.82 Å². The first-order chi connectivity index (χ1) is 9.11. The van der Waals surface area contributed by atoms with Crippen LogP contribution in [0.2, 0.25) is 5.02 Å². The van der Waals surface area contributed by atoms with Crippen LogP contribution in [0.5, 0.6) is 5.75 Å². The summed E-state index contributed by atoms with van der Waals surface area (Å²) in [6.07, 6.45) is 1.36. The van der Waals surface area contributed by atoms with Gasteiger partial charge in [-0.15, -0.1) is 0 Å². The summed E-state index contributed by atoms with van der Waals surface area (Å²) in [7, 11) is 0. The molecule has 19 heavy (non-hydrogen) atoms. The van der Waals surface area contributed by atoms with E-state index < -0.39 is 5.97 Å². The van der Waals surface area contributed by atoms with E-state index >= 15 is 0 Å². The molecule has 1 aromatic carbocycles. The molecule has 2 rings (SSSR count). The van der Waals surface area contributed by atoms with Crippen LogP contribution in [0.3, 0.4) is 0 Å². The first-order valence-electron chi connectivity index (χ1n) is 5.61. The van der Waals surface area contributed by atoms with Crippen molar-refractivity contribution in [3.8, 4) is 17.0 Å². The zero-order valence-electron chi connectivity index (χ0n) is 10.1. The number of halogens is 1. The normalized spacial score (nSPS) is 10.2. The van der Waals surface area contributed by atoms with Gasteiger partial charge >= 0.3 is 5.97 Å². The summed E-state index contributed by atoms with van der Waals surface area (Å²) in [5, 5.41) is 9.53. The van der Waals surface area contributed by atoms with Gasteiger partial charge in [0, 0.05) is 10.6 Å². The van der Waals surface area contributed by atoms with Crippen LogP contribution < -0.4 is 4.74 Å². The fraction of sp³-hybridized carbons (Fsp3) is 0.154. The van der Waals surface area contributed by atoms with Crippen molar-refractivity contribution in [3.63, 3.8) is 0 Å². The number of ether oxygens (including phenoxy) is 1. The number of hydrogen-bond acceptors (Lipinski definition) is 4. The molecular weight excluding hydrogens is 268 g/mol. The number of carboxylic acid groups (broad SMARTS) is 1. The van der Waals surface area contributed by atoms with Gasteiger partial charge in [0.25, 0.3) is 0 Å². The summed E-state index contributed by atoms with van der Waals surface area (Å²) < 4.78 is 5.41. The zero-order chi connectivity index (χ0) is 13.8. The number of aromatic carboxylic acids is 1. The smallest absolute Gasteiger partial charge is 0.373 e. The third kappa shape index (κ3) is 3.00. The van der Waals surface area contributed by atoms with Gasteiger partial charge in [0.05, 0.1) is 12.8 Å². The Bertz CT molecular complexity index is 599. The van der Waals surface area contributed by atoms with Gasteiger partial charge in [-0.05, 0) is 19.1 Å². The van der Waals surface area contributed by atoms with Crippen molar-refractivity contribution in [1.82, 2.24) is 9.97 Å². The molecule has 0 bridgehead atoms. The Morgan fingerprint density at radius 3 is 2.63 bits per heavy atom. The van der Waals surface area contributed by atoms with Gasteiger partial charge in [-0.2, -0.15) is 0 Å². The molecule has 98 valence electrons. The van der Waals surface area contributed by atoms with Crippen molar-refractivity contribution in [3.05, 3.63) is 41.3 Å². The van der Waals surface area contributed by atoms with Crippen LogP contribution in [-0.4, -0.2) is 27.7 Å². The molecule has 0 spiro atoms. The van der Waals surface area contributed by atoms with Crippen molar-refractivity contribution in [2.24, 2.45) is 0 Å². The summed E-state index contributed by atoms with van der Waals surface area (Å²) in [5.74, 6) is -1.01. The largest absolute Gasteiger partial charge is 0.490 e. The van der Waals surface area contributed by atoms with Gasteiger partial charge in [0.15, 0.2) is 5.75 Å². The average molecular weight is 279 g/mol. The Morgan fingerprint density at radius 2 is 2.05 bits per heavy atom. The van der Waals surface area contributed by atoms with Gasteiger partial charge in [-0.25, -0.2) is 14.8 Å². The number of hydrogen-bond donors (Lipinski definition) is 1. The molecule has 0 saturated carbocycles. The van der Waals surface area contributed by atoms with E-state index in [1.54, 1.807) is 24.3 Å². The summed E-state index contributed by atoms with van der Waals surface area (Å²) in [6.45, 7) is 2.27. The highest BCUT2D eigenvalue weighted by molar-refractivity contribution is 6.30. The second kappa shape index (κ2) is 5.67. The second-order valence-electron chi connectivity index (χ2n) is 3.65. The molecule has 0 aliphatic rings. The van der Waals surface area contributed by atoms with Gasteiger partial charge < -0.3 is 9.84 Å². The molecule has 0 fully saturated rings. The molecule has 1 heterocycles. The van der Waals surface area contributed by atoms with E-state index in [4.69, 9.17) is 21.4 Å². The zero-order valence-corrected chi connectivity index (χ0v) is 10.9. The molecule has 5 nitrogen and oxygen atoms in total. The predicted molar refractivity (Wildman–Crippen MR) is 70.6 cm³/mol. The molecule has 0 aliphatic carbocycles. The maximum Gasteiger partial charge on any atom is 0.373 e. The van der Waals surface area contributed by atoms with Gasteiger partial charge in [0.1, 0.15) is 5.69 Å². The first-order valence-corrected chi connectivity index (χ1v) is 5.98. The fourth-order valence-electron chi connectivity index (χ4n) is 1.55. The number of aromatic nitrogens is 2. The minimum atomic E-state index is -1.18. The lowest BCUT2D eigenvalue weighted by atomic mass is 10.1. The molecule has 1 N–H and O–H groups in total. The summed E-state index contributed by atoms with van der Waals surface area (Å²) in [6, 6.07) is 6.90. The monoisotopic (exact) mass is 278 g/mol. The quantitative estimate of drug-likeness (QED) is 0.931. The number of carboxylic acids is 1. The lowest BCUT2D eigenvalue weighted by Gasteiger charge is -2.09. The summed E-state index contributed by atoms with van der Waals surface area (Å²) in [5.41, 5.74) is 1.16. The van der Waals surface area contributed by atoms with Crippen molar-refractivity contribution in [1.29, 1.82) is 0 Å². The van der Waals surface area contributed by atoms with Crippen LogP contribution in [0.15, 0.2) is 30.5 Å². The van der Waals surface area contributed by atoms with Crippen LogP contribution in [0.4, 0.5) is 0 Å². The number of nitrogens with zero attached hydrogens (tertiary/aromatic N) is 2. The van der Waals surface area contributed by atoms with E-state index in [2.05, 4.69) is 9.97 Å². The van der Waals surface area contributed by atoms with E-state index in [1.165, 1.54) is 6.20 Å². The molecule has 2 aromatic rings. The second-order valence-corrected chi connectivity index (χ2v) is 4.09. The van der Waals surface area contributed by atoms with Crippen LogP contribution in [-0.2, 0) is 0 Å². The fourth-order valence-corrected chi connectivity index (χ4v) is 1.68. The molecule has 6 heteroatoms. The Kier molecular flexibility index (Phi) is 3.97. The Morgan fingerprint density at radius 1 is 1.37 bits per heavy atom. The first kappa shape index (κ1) is 13.3. The van der Waals surface area contributed by atoms with Crippen LogP contribution in [0.1, 0.15) is 17.5 Å². The van der Waals surface area contributed by atoms with Crippen molar-refractivity contribution in [2.75, 3.05) is 6.61 Å². The molecule has 0 atom stereocenters. The summed E-state index contributed by atoms with van der Waals surface area (Å²) in [4.78, 5) is 18.7. The van der Waals surface area contributed by atoms with Crippen LogP contribution in [0.25, 0.3) is 11.3 Å². The molecule has 0 saturated heterocycles. The highest BCUT2D eigenvalue weighted by Crippen LogP contribution is 2.28. The van der Waals surface area contributed by atoms with E-state index in [9.17, 15) is 4.79 Å².